The Morgan fingerprint density at radius 3 is 2.67 bits per heavy atom. The number of carbonyl (C=O) groups excluding carboxylic acids is 4. The highest BCUT2D eigenvalue weighted by Gasteiger charge is 2.79. The van der Waals surface area contributed by atoms with Gasteiger partial charge in [-0.05, 0) is 55.1 Å². The van der Waals surface area contributed by atoms with E-state index in [9.17, 15) is 24.3 Å². The first-order chi connectivity index (χ1) is 14.0. The van der Waals surface area contributed by atoms with Crippen molar-refractivity contribution in [2.45, 2.75) is 52.1 Å². The number of allylic oxidation sites excluding steroid dienone is 4. The Morgan fingerprint density at radius 2 is 1.97 bits per heavy atom. The first-order valence-corrected chi connectivity index (χ1v) is 10.9. The van der Waals surface area contributed by atoms with Crippen molar-refractivity contribution in [3.63, 3.8) is 0 Å². The summed E-state index contributed by atoms with van der Waals surface area (Å²) in [6.45, 7) is 4.73. The lowest BCUT2D eigenvalue weighted by Gasteiger charge is -2.58. The molecule has 5 aliphatic carbocycles. The number of aliphatic hydroxyl groups is 1. The summed E-state index contributed by atoms with van der Waals surface area (Å²) in [6.07, 6.45) is 7.61. The molecule has 0 aromatic rings. The van der Waals surface area contributed by atoms with Crippen molar-refractivity contribution in [3.05, 3.63) is 23.8 Å². The number of fused-ring (bicyclic) bond motifs is 7. The maximum Gasteiger partial charge on any atom is 0.303 e. The fourth-order valence-corrected chi connectivity index (χ4v) is 7.84. The van der Waals surface area contributed by atoms with E-state index < -0.39 is 34.8 Å². The lowest BCUT2D eigenvalue weighted by molar-refractivity contribution is -0.178. The zero-order valence-electron chi connectivity index (χ0n) is 17.6. The highest BCUT2D eigenvalue weighted by Crippen LogP contribution is 2.76. The van der Waals surface area contributed by atoms with E-state index in [0.29, 0.717) is 0 Å². The minimum atomic E-state index is -1.63. The fourth-order valence-electron chi connectivity index (χ4n) is 7.84. The first-order valence-electron chi connectivity index (χ1n) is 10.9. The third-order valence-corrected chi connectivity index (χ3v) is 9.05. The Bertz CT molecular complexity index is 945. The third-order valence-electron chi connectivity index (χ3n) is 9.05. The van der Waals surface area contributed by atoms with Gasteiger partial charge in [-0.25, -0.2) is 0 Å². The first kappa shape index (κ1) is 19.9. The normalized spacial score (nSPS) is 48.1. The second kappa shape index (κ2) is 6.00. The van der Waals surface area contributed by atoms with E-state index in [0.717, 1.165) is 24.8 Å². The SMILES string of the molecule is CC(=O)OCC(=O)[C@@]1(O)[C@@H]2C[C@@H]2[C@H]2[C@@H]3CCC4=CC(=O)C=C[C@]4(C)[C@H]3C(=O)C[C@@]21C. The van der Waals surface area contributed by atoms with Crippen LogP contribution in [0.4, 0.5) is 0 Å². The van der Waals surface area contributed by atoms with Gasteiger partial charge in [0.2, 0.25) is 5.78 Å². The Kier molecular flexibility index (Phi) is 3.97. The molecule has 8 atom stereocenters. The van der Waals surface area contributed by atoms with E-state index >= 15 is 0 Å². The molecule has 6 nitrogen and oxygen atoms in total. The molecule has 0 amide bonds. The van der Waals surface area contributed by atoms with Gasteiger partial charge in [-0.3, -0.25) is 19.2 Å². The van der Waals surface area contributed by atoms with Crippen LogP contribution in [0.25, 0.3) is 0 Å². The summed E-state index contributed by atoms with van der Waals surface area (Å²) in [7, 11) is 0. The van der Waals surface area contributed by atoms with Crippen LogP contribution >= 0.6 is 0 Å². The number of ether oxygens (including phenoxy) is 1. The van der Waals surface area contributed by atoms with Gasteiger partial charge in [0.15, 0.2) is 12.4 Å². The van der Waals surface area contributed by atoms with Crippen LogP contribution in [-0.2, 0) is 23.9 Å². The van der Waals surface area contributed by atoms with Gasteiger partial charge in [-0.15, -0.1) is 0 Å². The number of hydrogen-bond donors (Lipinski definition) is 1. The number of Topliss-reactive ketones (excluding diaryl/α,β-unsaturated/α-hetero) is 2. The lowest BCUT2D eigenvalue weighted by Crippen LogP contribution is -2.62. The summed E-state index contributed by atoms with van der Waals surface area (Å²) in [5, 5.41) is 11.7. The average Bonchev–Trinajstić information content (AvgIpc) is 3.42. The fraction of sp³-hybridized carbons (Fsp3) is 0.667. The van der Waals surface area contributed by atoms with Gasteiger partial charge in [0.05, 0.1) is 0 Å². The van der Waals surface area contributed by atoms with Crippen molar-refractivity contribution in [1.82, 2.24) is 0 Å². The second-order valence-corrected chi connectivity index (χ2v) is 10.4. The van der Waals surface area contributed by atoms with Crippen LogP contribution in [0.15, 0.2) is 23.8 Å². The van der Waals surface area contributed by atoms with Crippen molar-refractivity contribution in [3.8, 4) is 0 Å². The minimum Gasteiger partial charge on any atom is -0.458 e. The van der Waals surface area contributed by atoms with Crippen LogP contribution < -0.4 is 0 Å². The molecule has 0 saturated heterocycles. The van der Waals surface area contributed by atoms with E-state index in [1.54, 1.807) is 12.2 Å². The van der Waals surface area contributed by atoms with E-state index in [1.807, 2.05) is 13.0 Å². The zero-order chi connectivity index (χ0) is 21.6. The van der Waals surface area contributed by atoms with Crippen LogP contribution in [0.1, 0.15) is 46.5 Å². The molecule has 0 aromatic carbocycles. The molecular weight excluding hydrogens is 384 g/mol. The van der Waals surface area contributed by atoms with Gasteiger partial charge in [-0.1, -0.05) is 25.5 Å². The van der Waals surface area contributed by atoms with Crippen molar-refractivity contribution >= 4 is 23.3 Å². The molecule has 160 valence electrons. The average molecular weight is 412 g/mol. The maximum absolute atomic E-state index is 13.6. The number of carbonyl (C=O) groups is 4. The van der Waals surface area contributed by atoms with E-state index in [2.05, 4.69) is 6.92 Å². The summed E-state index contributed by atoms with van der Waals surface area (Å²) in [6, 6.07) is 0. The molecule has 0 bridgehead atoms. The number of hydrogen-bond acceptors (Lipinski definition) is 6. The monoisotopic (exact) mass is 412 g/mol. The van der Waals surface area contributed by atoms with Gasteiger partial charge >= 0.3 is 5.97 Å². The topological polar surface area (TPSA) is 97.7 Å². The molecule has 5 aliphatic rings. The molecule has 4 fully saturated rings. The molecule has 0 heterocycles. The number of esters is 1. The number of rotatable bonds is 3. The van der Waals surface area contributed by atoms with Crippen molar-refractivity contribution < 1.29 is 29.0 Å². The van der Waals surface area contributed by atoms with Crippen LogP contribution in [0.2, 0.25) is 0 Å². The summed E-state index contributed by atoms with van der Waals surface area (Å²) in [5.74, 6) is -1.05. The Labute approximate surface area is 175 Å². The molecule has 5 rings (SSSR count). The minimum absolute atomic E-state index is 0.0254. The van der Waals surface area contributed by atoms with Crippen molar-refractivity contribution in [2.75, 3.05) is 6.61 Å². The van der Waals surface area contributed by atoms with E-state index in [1.165, 1.54) is 6.92 Å². The summed E-state index contributed by atoms with van der Waals surface area (Å²) < 4.78 is 4.92. The summed E-state index contributed by atoms with van der Waals surface area (Å²) in [4.78, 5) is 49.7. The Hall–Kier alpha value is -2.08. The molecule has 0 aliphatic heterocycles. The highest BCUT2D eigenvalue weighted by molar-refractivity contribution is 6.02. The highest BCUT2D eigenvalue weighted by atomic mass is 16.5. The zero-order valence-corrected chi connectivity index (χ0v) is 17.6. The molecule has 0 aromatic heterocycles. The predicted molar refractivity (Wildman–Crippen MR) is 106 cm³/mol. The summed E-state index contributed by atoms with van der Waals surface area (Å²) >= 11 is 0. The third kappa shape index (κ3) is 2.29. The molecule has 0 spiro atoms. The van der Waals surface area contributed by atoms with Crippen LogP contribution in [-0.4, -0.2) is 40.6 Å². The Balaban J connectivity index is 1.53. The maximum atomic E-state index is 13.6. The predicted octanol–water partition coefficient (Wildman–Crippen LogP) is 2.19. The molecule has 0 radical (unpaired) electrons. The Morgan fingerprint density at radius 1 is 1.23 bits per heavy atom. The van der Waals surface area contributed by atoms with Crippen LogP contribution in [0.3, 0.4) is 0 Å². The van der Waals surface area contributed by atoms with Crippen molar-refractivity contribution in [1.29, 1.82) is 0 Å². The largest absolute Gasteiger partial charge is 0.458 e. The van der Waals surface area contributed by atoms with Gasteiger partial charge in [0.25, 0.3) is 0 Å². The number of ketones is 3. The quantitative estimate of drug-likeness (QED) is 0.714. The van der Waals surface area contributed by atoms with Gasteiger partial charge in [0, 0.05) is 30.1 Å². The van der Waals surface area contributed by atoms with Gasteiger partial charge in [-0.2, -0.15) is 0 Å². The van der Waals surface area contributed by atoms with Gasteiger partial charge in [0.1, 0.15) is 11.4 Å². The van der Waals surface area contributed by atoms with Crippen molar-refractivity contribution in [2.24, 2.45) is 40.4 Å². The van der Waals surface area contributed by atoms with E-state index in [-0.39, 0.29) is 47.6 Å². The lowest BCUT2D eigenvalue weighted by atomic mass is 9.45. The van der Waals surface area contributed by atoms with Gasteiger partial charge < -0.3 is 9.84 Å². The van der Waals surface area contributed by atoms with Crippen LogP contribution in [0, 0.1) is 40.4 Å². The molecular formula is C24H28O6. The molecule has 6 heteroatoms. The molecule has 0 unspecified atom stereocenters. The standard InChI is InChI=1S/C24H28O6/c1-12(25)30-11-19(28)24(29)17-9-16(17)20-15-5-4-13-8-14(26)6-7-22(13,2)21(15)18(27)10-23(20,24)3/h6-8,15-17,20-21,29H,4-5,9-11H2,1-3H3/t15-,16-,17+,20+,21+,22-,23-,24-/m0/s1. The van der Waals surface area contributed by atoms with Crippen LogP contribution in [0.5, 0.6) is 0 Å². The molecule has 1 N–H and O–H groups in total. The second-order valence-electron chi connectivity index (χ2n) is 10.4. The molecule has 30 heavy (non-hydrogen) atoms. The summed E-state index contributed by atoms with van der Waals surface area (Å²) in [5.41, 5.74) is -1.92. The van der Waals surface area contributed by atoms with E-state index in [4.69, 9.17) is 4.74 Å². The smallest absolute Gasteiger partial charge is 0.303 e. The molecule has 4 saturated carbocycles.